The van der Waals surface area contributed by atoms with Gasteiger partial charge in [0.15, 0.2) is 0 Å². The van der Waals surface area contributed by atoms with Crippen molar-refractivity contribution in [1.82, 2.24) is 0 Å². The molecule has 3 heteroatoms. The summed E-state index contributed by atoms with van der Waals surface area (Å²) in [7, 11) is 1.63. The van der Waals surface area contributed by atoms with Crippen LogP contribution in [0.4, 0.5) is 0 Å². The zero-order valence-corrected chi connectivity index (χ0v) is 11.8. The predicted molar refractivity (Wildman–Crippen MR) is 77.7 cm³/mol. The first-order valence-electron chi connectivity index (χ1n) is 6.12. The monoisotopic (exact) mass is 276 g/mol. The lowest BCUT2D eigenvalue weighted by Gasteiger charge is -2.24. The number of benzene rings is 2. The summed E-state index contributed by atoms with van der Waals surface area (Å²) >= 11 is 5.97. The minimum Gasteiger partial charge on any atom is -0.497 e. The van der Waals surface area contributed by atoms with Crippen molar-refractivity contribution in [1.29, 1.82) is 0 Å². The molecule has 0 aliphatic carbocycles. The topological polar surface area (TPSA) is 29.5 Å². The van der Waals surface area contributed by atoms with Crippen LogP contribution in [0.2, 0.25) is 5.02 Å². The van der Waals surface area contributed by atoms with E-state index in [9.17, 15) is 5.11 Å². The first-order valence-corrected chi connectivity index (χ1v) is 6.50. The van der Waals surface area contributed by atoms with Gasteiger partial charge in [0.05, 0.1) is 12.7 Å². The smallest absolute Gasteiger partial charge is 0.119 e. The maximum absolute atomic E-state index is 10.6. The summed E-state index contributed by atoms with van der Waals surface area (Å²) in [5.74, 6) is 0.791. The van der Waals surface area contributed by atoms with E-state index in [4.69, 9.17) is 16.3 Å². The van der Waals surface area contributed by atoms with Crippen LogP contribution in [0.25, 0.3) is 0 Å². The van der Waals surface area contributed by atoms with Crippen molar-refractivity contribution in [2.75, 3.05) is 7.11 Å². The Morgan fingerprint density at radius 3 is 2.58 bits per heavy atom. The van der Waals surface area contributed by atoms with Crippen molar-refractivity contribution >= 4 is 11.6 Å². The van der Waals surface area contributed by atoms with Crippen LogP contribution in [0.1, 0.15) is 18.1 Å². The molecule has 100 valence electrons. The van der Waals surface area contributed by atoms with E-state index in [0.29, 0.717) is 11.4 Å². The standard InChI is InChI=1S/C16H17ClO2/c1-16(18,13-6-4-7-14(17)10-13)11-12-5-3-8-15(9-12)19-2/h3-10,18H,11H2,1-2H3. The molecule has 0 saturated carbocycles. The van der Waals surface area contributed by atoms with E-state index in [1.54, 1.807) is 26.2 Å². The molecule has 0 bridgehead atoms. The molecule has 2 aromatic rings. The highest BCUT2D eigenvalue weighted by atomic mass is 35.5. The van der Waals surface area contributed by atoms with Crippen LogP contribution in [0.15, 0.2) is 48.5 Å². The second-order valence-corrected chi connectivity index (χ2v) is 5.25. The fraction of sp³-hybridized carbons (Fsp3) is 0.250. The molecule has 19 heavy (non-hydrogen) atoms. The van der Waals surface area contributed by atoms with Gasteiger partial charge < -0.3 is 9.84 Å². The number of methoxy groups -OCH3 is 1. The van der Waals surface area contributed by atoms with Crippen molar-refractivity contribution in [2.45, 2.75) is 18.9 Å². The number of halogens is 1. The molecule has 0 heterocycles. The maximum Gasteiger partial charge on any atom is 0.119 e. The molecule has 2 aromatic carbocycles. The van der Waals surface area contributed by atoms with Crippen LogP contribution in [0.3, 0.4) is 0 Å². The van der Waals surface area contributed by atoms with Crippen LogP contribution in [-0.2, 0) is 12.0 Å². The number of ether oxygens (including phenoxy) is 1. The van der Waals surface area contributed by atoms with Crippen LogP contribution in [0, 0.1) is 0 Å². The minimum atomic E-state index is -0.961. The average molecular weight is 277 g/mol. The molecule has 1 N–H and O–H groups in total. The van der Waals surface area contributed by atoms with Crippen molar-refractivity contribution < 1.29 is 9.84 Å². The number of hydrogen-bond acceptors (Lipinski definition) is 2. The Hall–Kier alpha value is -1.51. The van der Waals surface area contributed by atoms with Gasteiger partial charge in [0.25, 0.3) is 0 Å². The normalized spacial score (nSPS) is 13.9. The lowest BCUT2D eigenvalue weighted by Crippen LogP contribution is -2.24. The first kappa shape index (κ1) is 13.9. The van der Waals surface area contributed by atoms with E-state index in [1.807, 2.05) is 36.4 Å². The summed E-state index contributed by atoms with van der Waals surface area (Å²) in [6.07, 6.45) is 0.505. The average Bonchev–Trinajstić information content (AvgIpc) is 2.38. The van der Waals surface area contributed by atoms with Crippen LogP contribution in [-0.4, -0.2) is 12.2 Å². The fourth-order valence-corrected chi connectivity index (χ4v) is 2.30. The summed E-state index contributed by atoms with van der Waals surface area (Å²) in [6, 6.07) is 15.0. The summed E-state index contributed by atoms with van der Waals surface area (Å²) < 4.78 is 5.19. The largest absolute Gasteiger partial charge is 0.497 e. The fourth-order valence-electron chi connectivity index (χ4n) is 2.11. The summed E-state index contributed by atoms with van der Waals surface area (Å²) in [5.41, 5.74) is 0.865. The van der Waals surface area contributed by atoms with Gasteiger partial charge in [-0.25, -0.2) is 0 Å². The Morgan fingerprint density at radius 1 is 1.16 bits per heavy atom. The van der Waals surface area contributed by atoms with E-state index in [-0.39, 0.29) is 0 Å². The third-order valence-electron chi connectivity index (χ3n) is 3.13. The SMILES string of the molecule is COc1cccc(CC(C)(O)c2cccc(Cl)c2)c1. The molecule has 0 aromatic heterocycles. The van der Waals surface area contributed by atoms with Gasteiger partial charge in [0.2, 0.25) is 0 Å². The Bertz CT molecular complexity index is 564. The van der Waals surface area contributed by atoms with Crippen LogP contribution >= 0.6 is 11.6 Å². The summed E-state index contributed by atoms with van der Waals surface area (Å²) in [4.78, 5) is 0. The number of aliphatic hydroxyl groups is 1. The van der Waals surface area contributed by atoms with Crippen molar-refractivity contribution in [3.8, 4) is 5.75 Å². The Labute approximate surface area is 118 Å². The molecule has 1 unspecified atom stereocenters. The molecule has 1 atom stereocenters. The van der Waals surface area contributed by atoms with Gasteiger partial charge in [0, 0.05) is 11.4 Å². The van der Waals surface area contributed by atoms with Crippen LogP contribution < -0.4 is 4.74 Å². The molecule has 0 aliphatic rings. The molecular formula is C16H17ClO2. The zero-order chi connectivity index (χ0) is 13.9. The lowest BCUT2D eigenvalue weighted by atomic mass is 9.89. The molecule has 0 amide bonds. The van der Waals surface area contributed by atoms with Gasteiger partial charge >= 0.3 is 0 Å². The maximum atomic E-state index is 10.6. The van der Waals surface area contributed by atoms with Gasteiger partial charge in [-0.15, -0.1) is 0 Å². The van der Waals surface area contributed by atoms with Gasteiger partial charge in [-0.05, 0) is 42.3 Å². The molecule has 2 nitrogen and oxygen atoms in total. The molecule has 0 aliphatic heterocycles. The quantitative estimate of drug-likeness (QED) is 0.920. The van der Waals surface area contributed by atoms with E-state index in [0.717, 1.165) is 16.9 Å². The van der Waals surface area contributed by atoms with Gasteiger partial charge in [0.1, 0.15) is 5.75 Å². The number of hydrogen-bond donors (Lipinski definition) is 1. The summed E-state index contributed by atoms with van der Waals surface area (Å²) in [5, 5.41) is 11.3. The highest BCUT2D eigenvalue weighted by Gasteiger charge is 2.23. The van der Waals surface area contributed by atoms with Crippen LogP contribution in [0.5, 0.6) is 5.75 Å². The van der Waals surface area contributed by atoms with E-state index in [2.05, 4.69) is 0 Å². The summed E-state index contributed by atoms with van der Waals surface area (Å²) in [6.45, 7) is 1.79. The van der Waals surface area contributed by atoms with E-state index in [1.165, 1.54) is 0 Å². The molecular weight excluding hydrogens is 260 g/mol. The predicted octanol–water partition coefficient (Wildman–Crippen LogP) is 3.80. The number of rotatable bonds is 4. The first-order chi connectivity index (χ1) is 9.01. The van der Waals surface area contributed by atoms with E-state index >= 15 is 0 Å². The third-order valence-corrected chi connectivity index (χ3v) is 3.36. The van der Waals surface area contributed by atoms with Gasteiger partial charge in [-0.2, -0.15) is 0 Å². The van der Waals surface area contributed by atoms with Crippen molar-refractivity contribution in [2.24, 2.45) is 0 Å². The van der Waals surface area contributed by atoms with Crippen molar-refractivity contribution in [3.05, 3.63) is 64.7 Å². The Balaban J connectivity index is 2.25. The molecule has 0 fully saturated rings. The second kappa shape index (κ2) is 5.64. The zero-order valence-electron chi connectivity index (χ0n) is 11.1. The Kier molecular flexibility index (Phi) is 4.13. The third kappa shape index (κ3) is 3.49. The van der Waals surface area contributed by atoms with Gasteiger partial charge in [-0.1, -0.05) is 35.9 Å². The van der Waals surface area contributed by atoms with Crippen molar-refractivity contribution in [3.63, 3.8) is 0 Å². The Morgan fingerprint density at radius 2 is 1.89 bits per heavy atom. The molecule has 0 saturated heterocycles. The molecule has 0 spiro atoms. The lowest BCUT2D eigenvalue weighted by molar-refractivity contribution is 0.0576. The highest BCUT2D eigenvalue weighted by Crippen LogP contribution is 2.28. The second-order valence-electron chi connectivity index (χ2n) is 4.81. The highest BCUT2D eigenvalue weighted by molar-refractivity contribution is 6.30. The molecule has 2 rings (SSSR count). The van der Waals surface area contributed by atoms with E-state index < -0.39 is 5.60 Å². The molecule has 0 radical (unpaired) electrons. The van der Waals surface area contributed by atoms with Gasteiger partial charge in [-0.3, -0.25) is 0 Å². The minimum absolute atomic E-state index is 0.505.